The van der Waals surface area contributed by atoms with Crippen LogP contribution in [-0.2, 0) is 0 Å². The molecule has 0 spiro atoms. The molecule has 0 amide bonds. The van der Waals surface area contributed by atoms with E-state index in [1.807, 2.05) is 25.2 Å². The van der Waals surface area contributed by atoms with Gasteiger partial charge in [0.05, 0.1) is 0 Å². The van der Waals surface area contributed by atoms with E-state index in [1.54, 1.807) is 0 Å². The molecule has 0 aromatic rings. The van der Waals surface area contributed by atoms with Gasteiger partial charge in [0.1, 0.15) is 0 Å². The minimum atomic E-state index is 0.947. The molecule has 82 valence electrons. The molecule has 0 radical (unpaired) electrons. The van der Waals surface area contributed by atoms with Gasteiger partial charge in [-0.3, -0.25) is 0 Å². The molecule has 0 atom stereocenters. The Kier molecular flexibility index (Phi) is 8.46. The Labute approximate surface area is 94.4 Å². The summed E-state index contributed by atoms with van der Waals surface area (Å²) in [7, 11) is 0. The molecule has 0 aliphatic rings. The Morgan fingerprint density at radius 1 is 1.20 bits per heavy atom. The van der Waals surface area contributed by atoms with Crippen molar-refractivity contribution in [3.05, 3.63) is 60.3 Å². The number of hydrogen-bond acceptors (Lipinski definition) is 0. The minimum Gasteiger partial charge on any atom is -0.0955 e. The van der Waals surface area contributed by atoms with Gasteiger partial charge in [-0.25, -0.2) is 0 Å². The number of allylic oxidation sites excluding steroid dienone is 9. The Balaban J connectivity index is 4.11. The molecule has 0 nitrogen and oxygen atoms in total. The fourth-order valence-corrected chi connectivity index (χ4v) is 1.15. The summed E-state index contributed by atoms with van der Waals surface area (Å²) >= 11 is 0. The number of rotatable bonds is 6. The van der Waals surface area contributed by atoms with Gasteiger partial charge in [0, 0.05) is 0 Å². The van der Waals surface area contributed by atoms with Crippen LogP contribution in [-0.4, -0.2) is 0 Å². The van der Waals surface area contributed by atoms with E-state index >= 15 is 0 Å². The molecule has 0 rings (SSSR count). The minimum absolute atomic E-state index is 0.947. The molecular weight excluding hydrogens is 180 g/mol. The maximum Gasteiger partial charge on any atom is -0.0103 e. The van der Waals surface area contributed by atoms with E-state index in [0.717, 1.165) is 18.4 Å². The van der Waals surface area contributed by atoms with Gasteiger partial charge in [-0.05, 0) is 26.7 Å². The molecule has 0 bridgehead atoms. The average molecular weight is 202 g/mol. The quantitative estimate of drug-likeness (QED) is 0.421. The first-order valence-electron chi connectivity index (χ1n) is 5.51. The Morgan fingerprint density at radius 2 is 1.93 bits per heavy atom. The molecule has 0 aliphatic carbocycles. The van der Waals surface area contributed by atoms with Crippen LogP contribution in [0.25, 0.3) is 0 Å². The van der Waals surface area contributed by atoms with Gasteiger partial charge < -0.3 is 0 Å². The Bertz CT molecular complexity index is 285. The zero-order valence-electron chi connectivity index (χ0n) is 10.2. The fraction of sp³-hybridized carbons (Fsp3) is 0.333. The van der Waals surface area contributed by atoms with Crippen molar-refractivity contribution in [1.29, 1.82) is 0 Å². The lowest BCUT2D eigenvalue weighted by Crippen LogP contribution is -1.75. The van der Waals surface area contributed by atoms with Gasteiger partial charge in [-0.1, -0.05) is 67.2 Å². The van der Waals surface area contributed by atoms with E-state index < -0.39 is 0 Å². The van der Waals surface area contributed by atoms with Gasteiger partial charge in [-0.2, -0.15) is 0 Å². The van der Waals surface area contributed by atoms with Gasteiger partial charge in [0.25, 0.3) is 0 Å². The van der Waals surface area contributed by atoms with Crippen LogP contribution in [0.1, 0.15) is 33.6 Å². The first kappa shape index (κ1) is 13.7. The predicted molar refractivity (Wildman–Crippen MR) is 70.9 cm³/mol. The predicted octanol–water partition coefficient (Wildman–Crippen LogP) is 4.98. The summed E-state index contributed by atoms with van der Waals surface area (Å²) in [6.45, 7) is 10.3. The first-order chi connectivity index (χ1) is 7.20. The van der Waals surface area contributed by atoms with E-state index in [1.165, 1.54) is 5.57 Å². The molecule has 0 saturated carbocycles. The second-order valence-electron chi connectivity index (χ2n) is 3.52. The Hall–Kier alpha value is -1.30. The summed E-state index contributed by atoms with van der Waals surface area (Å²) in [5.41, 5.74) is 2.39. The van der Waals surface area contributed by atoms with Crippen molar-refractivity contribution >= 4 is 0 Å². The van der Waals surface area contributed by atoms with E-state index in [-0.39, 0.29) is 0 Å². The second kappa shape index (κ2) is 9.26. The molecule has 0 heteroatoms. The van der Waals surface area contributed by atoms with Crippen molar-refractivity contribution in [1.82, 2.24) is 0 Å². The standard InChI is InChI=1S/C15H22/c1-5-7-9-11-14(3)13-15(4)12-10-8-6-2/h6-10,12-13H,3,5,11H2,1-2,4H3/b8-6-,9-7+,12-10-,15-13-. The normalized spacial score (nSPS) is 13.4. The van der Waals surface area contributed by atoms with Gasteiger partial charge >= 0.3 is 0 Å². The molecule has 0 fully saturated rings. The van der Waals surface area contributed by atoms with Crippen LogP contribution < -0.4 is 0 Å². The fourth-order valence-electron chi connectivity index (χ4n) is 1.15. The highest BCUT2D eigenvalue weighted by Gasteiger charge is 1.86. The summed E-state index contributed by atoms with van der Waals surface area (Å²) in [4.78, 5) is 0. The first-order valence-corrected chi connectivity index (χ1v) is 5.51. The van der Waals surface area contributed by atoms with Crippen LogP contribution >= 0.6 is 0 Å². The summed E-state index contributed by atoms with van der Waals surface area (Å²) < 4.78 is 0. The van der Waals surface area contributed by atoms with Crippen molar-refractivity contribution in [2.24, 2.45) is 0 Å². The van der Waals surface area contributed by atoms with Crippen LogP contribution in [0.5, 0.6) is 0 Å². The van der Waals surface area contributed by atoms with Crippen molar-refractivity contribution < 1.29 is 0 Å². The van der Waals surface area contributed by atoms with E-state index in [0.29, 0.717) is 0 Å². The third-order valence-corrected chi connectivity index (χ3v) is 1.88. The molecule has 0 N–H and O–H groups in total. The van der Waals surface area contributed by atoms with E-state index in [2.05, 4.69) is 44.7 Å². The number of hydrogen-bond donors (Lipinski definition) is 0. The van der Waals surface area contributed by atoms with E-state index in [4.69, 9.17) is 0 Å². The molecule has 0 aromatic heterocycles. The van der Waals surface area contributed by atoms with E-state index in [9.17, 15) is 0 Å². The molecule has 0 heterocycles. The smallest absolute Gasteiger partial charge is 0.0103 e. The highest BCUT2D eigenvalue weighted by atomic mass is 13.9. The molecular formula is C15H22. The molecule has 15 heavy (non-hydrogen) atoms. The third kappa shape index (κ3) is 9.01. The largest absolute Gasteiger partial charge is 0.0955 e. The van der Waals surface area contributed by atoms with Crippen molar-refractivity contribution in [2.75, 3.05) is 0 Å². The van der Waals surface area contributed by atoms with Crippen LogP contribution in [0, 0.1) is 0 Å². The third-order valence-electron chi connectivity index (χ3n) is 1.88. The monoisotopic (exact) mass is 202 g/mol. The summed E-state index contributed by atoms with van der Waals surface area (Å²) in [5, 5.41) is 0. The van der Waals surface area contributed by atoms with Crippen LogP contribution in [0.15, 0.2) is 60.3 Å². The second-order valence-corrected chi connectivity index (χ2v) is 3.52. The molecule has 0 unspecified atom stereocenters. The summed E-state index contributed by atoms with van der Waals surface area (Å²) in [6, 6.07) is 0. The Morgan fingerprint density at radius 3 is 2.53 bits per heavy atom. The zero-order valence-corrected chi connectivity index (χ0v) is 10.2. The van der Waals surface area contributed by atoms with Crippen LogP contribution in [0.3, 0.4) is 0 Å². The molecule has 0 saturated heterocycles. The average Bonchev–Trinajstić information content (AvgIpc) is 2.18. The lowest BCUT2D eigenvalue weighted by Gasteiger charge is -1.95. The lowest BCUT2D eigenvalue weighted by atomic mass is 10.1. The highest BCUT2D eigenvalue weighted by Crippen LogP contribution is 2.06. The summed E-state index contributed by atoms with van der Waals surface area (Å²) in [6.07, 6.45) is 16.7. The maximum absolute atomic E-state index is 4.02. The lowest BCUT2D eigenvalue weighted by molar-refractivity contribution is 1.18. The topological polar surface area (TPSA) is 0 Å². The van der Waals surface area contributed by atoms with Crippen molar-refractivity contribution in [3.63, 3.8) is 0 Å². The van der Waals surface area contributed by atoms with Crippen molar-refractivity contribution in [2.45, 2.75) is 33.6 Å². The summed E-state index contributed by atoms with van der Waals surface area (Å²) in [5.74, 6) is 0. The molecule has 0 aliphatic heterocycles. The van der Waals surface area contributed by atoms with Crippen LogP contribution in [0.4, 0.5) is 0 Å². The van der Waals surface area contributed by atoms with Gasteiger partial charge in [0.2, 0.25) is 0 Å². The SMILES string of the molecule is C=C(\C=C(C)/C=C\C=C/C)C/C=C/CC. The highest BCUT2D eigenvalue weighted by molar-refractivity contribution is 5.29. The molecule has 0 aromatic carbocycles. The van der Waals surface area contributed by atoms with Crippen LogP contribution in [0.2, 0.25) is 0 Å². The van der Waals surface area contributed by atoms with Gasteiger partial charge in [-0.15, -0.1) is 0 Å². The van der Waals surface area contributed by atoms with Gasteiger partial charge in [0.15, 0.2) is 0 Å². The zero-order chi connectivity index (χ0) is 11.5. The maximum atomic E-state index is 4.02. The van der Waals surface area contributed by atoms with Crippen molar-refractivity contribution in [3.8, 4) is 0 Å².